The number of amides is 1. The van der Waals surface area contributed by atoms with Crippen LogP contribution in [0.1, 0.15) is 5.56 Å². The van der Waals surface area contributed by atoms with Crippen LogP contribution in [-0.4, -0.2) is 62.6 Å². The van der Waals surface area contributed by atoms with E-state index >= 15 is 0 Å². The number of piperazine rings is 1. The van der Waals surface area contributed by atoms with Crippen LogP contribution < -0.4 is 4.74 Å². The molecule has 0 radical (unpaired) electrons. The highest BCUT2D eigenvalue weighted by Crippen LogP contribution is 2.13. The number of hydrogen-bond acceptors (Lipinski definition) is 5. The fourth-order valence-corrected chi connectivity index (χ4v) is 3.13. The molecule has 0 spiro atoms. The van der Waals surface area contributed by atoms with Crippen molar-refractivity contribution in [3.8, 4) is 11.8 Å². The summed E-state index contributed by atoms with van der Waals surface area (Å²) in [5.41, 5.74) is 0.836. The third kappa shape index (κ3) is 5.08. The van der Waals surface area contributed by atoms with E-state index in [9.17, 15) is 13.2 Å². The van der Waals surface area contributed by atoms with Gasteiger partial charge in [0.2, 0.25) is 15.9 Å². The predicted octanol–water partition coefficient (Wildman–Crippen LogP) is 0.706. The van der Waals surface area contributed by atoms with Gasteiger partial charge in [-0.25, -0.2) is 8.42 Å². The third-order valence-electron chi connectivity index (χ3n) is 3.62. The summed E-state index contributed by atoms with van der Waals surface area (Å²) in [6, 6.07) is 8.93. The molecule has 1 aromatic rings. The lowest BCUT2D eigenvalue weighted by Crippen LogP contribution is -2.49. The van der Waals surface area contributed by atoms with Crippen LogP contribution >= 0.6 is 0 Å². The molecule has 0 aromatic heterocycles. The summed E-state index contributed by atoms with van der Waals surface area (Å²) >= 11 is 0. The van der Waals surface area contributed by atoms with E-state index in [1.807, 2.05) is 6.07 Å². The van der Waals surface area contributed by atoms with E-state index < -0.39 is 10.0 Å². The minimum Gasteiger partial charge on any atom is -0.479 e. The first-order chi connectivity index (χ1) is 11.4. The number of nitrogens with zero attached hydrogens (tertiary/aromatic N) is 3. The summed E-state index contributed by atoms with van der Waals surface area (Å²) in [6.07, 6.45) is 4.34. The molecule has 0 aliphatic carbocycles. The minimum atomic E-state index is -3.20. The number of carbonyl (C=O) groups is 1. The fraction of sp³-hybridized carbons (Fsp3) is 0.375. The monoisotopic (exact) mass is 349 g/mol. The van der Waals surface area contributed by atoms with Crippen LogP contribution in [0.2, 0.25) is 0 Å². The Morgan fingerprint density at radius 1 is 1.25 bits per heavy atom. The standard InChI is InChI=1S/C16H19N3O4S/c1-24(21,22)19-11-9-18(10-12-19)16(20)7-4-14-2-5-15(6-3-14)23-13-8-17/h2-7H,9-13H2,1H3/b7-4+. The quantitative estimate of drug-likeness (QED) is 0.730. The Hall–Kier alpha value is -2.37. The summed E-state index contributed by atoms with van der Waals surface area (Å²) < 4.78 is 29.4. The lowest BCUT2D eigenvalue weighted by atomic mass is 10.2. The zero-order valence-corrected chi connectivity index (χ0v) is 14.2. The van der Waals surface area contributed by atoms with Gasteiger partial charge in [-0.1, -0.05) is 12.1 Å². The van der Waals surface area contributed by atoms with E-state index in [-0.39, 0.29) is 12.5 Å². The van der Waals surface area contributed by atoms with Gasteiger partial charge in [0.1, 0.15) is 11.8 Å². The maximum atomic E-state index is 12.1. The first-order valence-corrected chi connectivity index (χ1v) is 9.27. The van der Waals surface area contributed by atoms with Crippen LogP contribution in [0, 0.1) is 11.3 Å². The highest BCUT2D eigenvalue weighted by Gasteiger charge is 2.24. The second-order valence-electron chi connectivity index (χ2n) is 5.34. The summed E-state index contributed by atoms with van der Waals surface area (Å²) in [5, 5.41) is 8.45. The van der Waals surface area contributed by atoms with Crippen LogP contribution in [0.3, 0.4) is 0 Å². The number of rotatable bonds is 5. The van der Waals surface area contributed by atoms with Crippen molar-refractivity contribution in [2.75, 3.05) is 39.0 Å². The molecule has 1 aliphatic heterocycles. The molecule has 0 N–H and O–H groups in total. The molecule has 1 saturated heterocycles. The van der Waals surface area contributed by atoms with Crippen LogP contribution in [0.25, 0.3) is 6.08 Å². The highest BCUT2D eigenvalue weighted by atomic mass is 32.2. The van der Waals surface area contributed by atoms with Crippen molar-refractivity contribution in [1.29, 1.82) is 5.26 Å². The molecular formula is C16H19N3O4S. The molecule has 128 valence electrons. The molecule has 0 atom stereocenters. The average Bonchev–Trinajstić information content (AvgIpc) is 2.58. The van der Waals surface area contributed by atoms with Crippen molar-refractivity contribution < 1.29 is 17.9 Å². The van der Waals surface area contributed by atoms with Gasteiger partial charge in [-0.15, -0.1) is 0 Å². The second kappa shape index (κ2) is 7.95. The first-order valence-electron chi connectivity index (χ1n) is 7.42. The zero-order chi connectivity index (χ0) is 17.6. The number of hydrogen-bond donors (Lipinski definition) is 0. The van der Waals surface area contributed by atoms with Crippen molar-refractivity contribution in [1.82, 2.24) is 9.21 Å². The summed E-state index contributed by atoms with van der Waals surface area (Å²) in [6.45, 7) is 1.41. The van der Waals surface area contributed by atoms with E-state index in [1.54, 1.807) is 35.2 Å². The topological polar surface area (TPSA) is 90.7 Å². The average molecular weight is 349 g/mol. The molecule has 1 amide bonds. The van der Waals surface area contributed by atoms with Crippen molar-refractivity contribution in [3.63, 3.8) is 0 Å². The van der Waals surface area contributed by atoms with E-state index in [2.05, 4.69) is 0 Å². The van der Waals surface area contributed by atoms with Crippen LogP contribution in [0.4, 0.5) is 0 Å². The Bertz CT molecular complexity index is 743. The SMILES string of the molecule is CS(=O)(=O)N1CCN(C(=O)/C=C/c2ccc(OCC#N)cc2)CC1. The first kappa shape index (κ1) is 18.0. The smallest absolute Gasteiger partial charge is 0.246 e. The van der Waals surface area contributed by atoms with Crippen LogP contribution in [0.15, 0.2) is 30.3 Å². The van der Waals surface area contributed by atoms with E-state index in [1.165, 1.54) is 16.6 Å². The highest BCUT2D eigenvalue weighted by molar-refractivity contribution is 7.88. The molecule has 1 aromatic carbocycles. The molecule has 8 heteroatoms. The summed E-state index contributed by atoms with van der Waals surface area (Å²) in [5.74, 6) is 0.449. The van der Waals surface area contributed by atoms with E-state index in [0.29, 0.717) is 31.9 Å². The Morgan fingerprint density at radius 3 is 2.42 bits per heavy atom. The molecule has 1 aliphatic rings. The van der Waals surface area contributed by atoms with E-state index in [0.717, 1.165) is 5.56 Å². The minimum absolute atomic E-state index is 0.00682. The number of nitriles is 1. The van der Waals surface area contributed by atoms with Gasteiger partial charge >= 0.3 is 0 Å². The Morgan fingerprint density at radius 2 is 1.88 bits per heavy atom. The normalized spacial score (nSPS) is 16.1. The maximum absolute atomic E-state index is 12.1. The molecule has 2 rings (SSSR count). The molecule has 1 fully saturated rings. The van der Waals surface area contributed by atoms with Gasteiger partial charge in [-0.3, -0.25) is 4.79 Å². The largest absolute Gasteiger partial charge is 0.479 e. The zero-order valence-electron chi connectivity index (χ0n) is 13.4. The van der Waals surface area contributed by atoms with Gasteiger partial charge in [-0.05, 0) is 23.8 Å². The lowest BCUT2D eigenvalue weighted by molar-refractivity contribution is -0.127. The molecule has 7 nitrogen and oxygen atoms in total. The van der Waals surface area contributed by atoms with Gasteiger partial charge in [0.25, 0.3) is 0 Å². The van der Waals surface area contributed by atoms with Gasteiger partial charge < -0.3 is 9.64 Å². The van der Waals surface area contributed by atoms with Crippen molar-refractivity contribution >= 4 is 22.0 Å². The van der Waals surface area contributed by atoms with Crippen molar-refractivity contribution in [2.24, 2.45) is 0 Å². The lowest BCUT2D eigenvalue weighted by Gasteiger charge is -2.32. The number of sulfonamides is 1. The molecule has 1 heterocycles. The van der Waals surface area contributed by atoms with Crippen molar-refractivity contribution in [2.45, 2.75) is 0 Å². The number of ether oxygens (including phenoxy) is 1. The van der Waals surface area contributed by atoms with E-state index in [4.69, 9.17) is 10.00 Å². The van der Waals surface area contributed by atoms with Gasteiger partial charge in [0.15, 0.2) is 6.61 Å². The van der Waals surface area contributed by atoms with Crippen LogP contribution in [-0.2, 0) is 14.8 Å². The van der Waals surface area contributed by atoms with Gasteiger partial charge in [0, 0.05) is 32.3 Å². The second-order valence-corrected chi connectivity index (χ2v) is 7.32. The molecule has 24 heavy (non-hydrogen) atoms. The van der Waals surface area contributed by atoms with Crippen molar-refractivity contribution in [3.05, 3.63) is 35.9 Å². The molecule has 0 saturated carbocycles. The number of benzene rings is 1. The molecule has 0 bridgehead atoms. The molecular weight excluding hydrogens is 330 g/mol. The predicted molar refractivity (Wildman–Crippen MR) is 89.6 cm³/mol. The fourth-order valence-electron chi connectivity index (χ4n) is 2.30. The van der Waals surface area contributed by atoms with Crippen LogP contribution in [0.5, 0.6) is 5.75 Å². The Kier molecular flexibility index (Phi) is 5.95. The number of carbonyl (C=O) groups excluding carboxylic acids is 1. The molecule has 0 unspecified atom stereocenters. The third-order valence-corrected chi connectivity index (χ3v) is 4.92. The summed E-state index contributed by atoms with van der Waals surface area (Å²) in [7, 11) is -3.20. The van der Waals surface area contributed by atoms with Gasteiger partial charge in [-0.2, -0.15) is 9.57 Å². The maximum Gasteiger partial charge on any atom is 0.246 e. The van der Waals surface area contributed by atoms with Gasteiger partial charge in [0.05, 0.1) is 6.26 Å². The summed E-state index contributed by atoms with van der Waals surface area (Å²) in [4.78, 5) is 13.8. The Labute approximate surface area is 141 Å². The Balaban J connectivity index is 1.88.